The van der Waals surface area contributed by atoms with Crippen LogP contribution in [0.25, 0.3) is 0 Å². The van der Waals surface area contributed by atoms with Gasteiger partial charge in [0.1, 0.15) is 0 Å². The lowest BCUT2D eigenvalue weighted by atomic mass is 9.83. The van der Waals surface area contributed by atoms with Gasteiger partial charge in [-0.3, -0.25) is 0 Å². The molecule has 0 radical (unpaired) electrons. The van der Waals surface area contributed by atoms with Gasteiger partial charge in [0, 0.05) is 10.9 Å². The highest BCUT2D eigenvalue weighted by atomic mass is 32.1. The van der Waals surface area contributed by atoms with Gasteiger partial charge in [-0.25, -0.2) is 9.78 Å². The van der Waals surface area contributed by atoms with Crippen molar-refractivity contribution in [2.45, 2.75) is 65.3 Å². The fraction of sp³-hybridized carbons (Fsp3) is 0.750. The van der Waals surface area contributed by atoms with Crippen molar-refractivity contribution in [3.63, 3.8) is 0 Å². The fourth-order valence-corrected chi connectivity index (χ4v) is 3.96. The number of ether oxygens (including phenoxy) is 1. The first-order chi connectivity index (χ1) is 10.2. The Bertz CT molecular complexity index is 467. The van der Waals surface area contributed by atoms with E-state index in [-0.39, 0.29) is 5.97 Å². The van der Waals surface area contributed by atoms with Gasteiger partial charge in [0.25, 0.3) is 0 Å². The van der Waals surface area contributed by atoms with Crippen molar-refractivity contribution in [2.24, 2.45) is 5.92 Å². The van der Waals surface area contributed by atoms with Crippen LogP contribution in [-0.2, 0) is 4.74 Å². The fourth-order valence-electron chi connectivity index (χ4n) is 3.10. The zero-order valence-electron chi connectivity index (χ0n) is 13.3. The molecule has 1 saturated carbocycles. The Hall–Kier alpha value is -1.10. The van der Waals surface area contributed by atoms with Gasteiger partial charge in [-0.15, -0.1) is 11.3 Å². The van der Waals surface area contributed by atoms with Gasteiger partial charge in [0.2, 0.25) is 0 Å². The molecule has 0 spiro atoms. The molecule has 1 aromatic heterocycles. The van der Waals surface area contributed by atoms with E-state index in [1.54, 1.807) is 11.3 Å². The van der Waals surface area contributed by atoms with Gasteiger partial charge in [0.15, 0.2) is 10.8 Å². The smallest absolute Gasteiger partial charge is 0.358 e. The third-order valence-corrected chi connectivity index (χ3v) is 5.13. The summed E-state index contributed by atoms with van der Waals surface area (Å²) in [4.78, 5) is 17.2. The van der Waals surface area contributed by atoms with Gasteiger partial charge in [-0.2, -0.15) is 0 Å². The number of hydrogen-bond acceptors (Lipinski definition) is 5. The van der Waals surface area contributed by atoms with Gasteiger partial charge in [-0.05, 0) is 39.0 Å². The number of hydrogen-bond donors (Lipinski definition) is 1. The van der Waals surface area contributed by atoms with Crippen LogP contribution in [0.3, 0.4) is 0 Å². The second kappa shape index (κ2) is 7.78. The maximum atomic E-state index is 11.8. The minimum absolute atomic E-state index is 0.315. The summed E-state index contributed by atoms with van der Waals surface area (Å²) in [5, 5.41) is 4.41. The summed E-state index contributed by atoms with van der Waals surface area (Å²) >= 11 is 1.55. The van der Waals surface area contributed by atoms with Crippen LogP contribution in [0, 0.1) is 12.8 Å². The van der Waals surface area contributed by atoms with Crippen LogP contribution in [0.4, 0.5) is 5.13 Å². The molecule has 0 aliphatic heterocycles. The first kappa shape index (κ1) is 16.3. The Kier molecular flexibility index (Phi) is 6.03. The standard InChI is InChI=1S/C16H26N2O2S/c1-4-13(12-9-7-6-8-10-12)17-16-18-14(11(3)21-16)15(19)20-5-2/h12-13H,4-10H2,1-3H3,(H,17,18). The van der Waals surface area contributed by atoms with E-state index >= 15 is 0 Å². The molecule has 0 saturated heterocycles. The van der Waals surface area contributed by atoms with Gasteiger partial charge in [0.05, 0.1) is 6.61 Å². The molecule has 21 heavy (non-hydrogen) atoms. The highest BCUT2D eigenvalue weighted by Gasteiger charge is 2.24. The molecule has 1 unspecified atom stereocenters. The number of esters is 1. The first-order valence-corrected chi connectivity index (χ1v) is 8.88. The van der Waals surface area contributed by atoms with Crippen molar-refractivity contribution < 1.29 is 9.53 Å². The van der Waals surface area contributed by atoms with Crippen molar-refractivity contribution in [2.75, 3.05) is 11.9 Å². The van der Waals surface area contributed by atoms with Crippen molar-refractivity contribution in [3.05, 3.63) is 10.6 Å². The maximum absolute atomic E-state index is 11.8. The summed E-state index contributed by atoms with van der Waals surface area (Å²) in [6.45, 7) is 6.35. The van der Waals surface area contributed by atoms with Crippen molar-refractivity contribution in [3.8, 4) is 0 Å². The molecular formula is C16H26N2O2S. The lowest BCUT2D eigenvalue weighted by Gasteiger charge is -2.30. The summed E-state index contributed by atoms with van der Waals surface area (Å²) in [5.41, 5.74) is 0.461. The average Bonchev–Trinajstić information content (AvgIpc) is 2.87. The number of carbonyl (C=O) groups excluding carboxylic acids is 1. The molecule has 118 valence electrons. The molecule has 0 aromatic carbocycles. The van der Waals surface area contributed by atoms with Gasteiger partial charge in [-0.1, -0.05) is 26.2 Å². The number of rotatable bonds is 6. The second-order valence-corrected chi connectivity index (χ2v) is 6.90. The average molecular weight is 310 g/mol. The SMILES string of the molecule is CCOC(=O)c1nc(NC(CC)C2CCCCC2)sc1C. The number of anilines is 1. The highest BCUT2D eigenvalue weighted by Crippen LogP contribution is 2.31. The molecule has 0 amide bonds. The molecule has 2 rings (SSSR count). The molecule has 1 aliphatic carbocycles. The quantitative estimate of drug-likeness (QED) is 0.791. The topological polar surface area (TPSA) is 51.2 Å². The minimum Gasteiger partial charge on any atom is -0.461 e. The highest BCUT2D eigenvalue weighted by molar-refractivity contribution is 7.15. The van der Waals surface area contributed by atoms with E-state index in [4.69, 9.17) is 4.74 Å². The van der Waals surface area contributed by atoms with Crippen LogP contribution in [-0.4, -0.2) is 23.6 Å². The molecule has 5 heteroatoms. The lowest BCUT2D eigenvalue weighted by Crippen LogP contribution is -2.30. The molecule has 0 bridgehead atoms. The van der Waals surface area contributed by atoms with Crippen molar-refractivity contribution in [1.29, 1.82) is 0 Å². The zero-order chi connectivity index (χ0) is 15.2. The second-order valence-electron chi connectivity index (χ2n) is 5.70. The Morgan fingerprint density at radius 2 is 2.10 bits per heavy atom. The summed E-state index contributed by atoms with van der Waals surface area (Å²) in [6, 6.07) is 0.464. The lowest BCUT2D eigenvalue weighted by molar-refractivity contribution is 0.0519. The summed E-state index contributed by atoms with van der Waals surface area (Å²) in [7, 11) is 0. The van der Waals surface area contributed by atoms with Crippen molar-refractivity contribution in [1.82, 2.24) is 4.98 Å². The Labute approximate surface area is 131 Å². The van der Waals surface area contributed by atoms with E-state index in [0.717, 1.165) is 22.3 Å². The number of nitrogens with zero attached hydrogens (tertiary/aromatic N) is 1. The third kappa shape index (κ3) is 4.19. The van der Waals surface area contributed by atoms with E-state index in [2.05, 4.69) is 17.2 Å². The first-order valence-electron chi connectivity index (χ1n) is 8.06. The molecule has 1 atom stereocenters. The van der Waals surface area contributed by atoms with E-state index in [0.29, 0.717) is 18.3 Å². The molecule has 4 nitrogen and oxygen atoms in total. The summed E-state index contributed by atoms with van der Waals surface area (Å²) in [5.74, 6) is 0.420. The number of aryl methyl sites for hydroxylation is 1. The predicted octanol–water partition coefficient (Wildman–Crippen LogP) is 4.40. The van der Waals surface area contributed by atoms with Crippen LogP contribution in [0.2, 0.25) is 0 Å². The molecular weight excluding hydrogens is 284 g/mol. The number of aromatic nitrogens is 1. The van der Waals surface area contributed by atoms with Gasteiger partial charge < -0.3 is 10.1 Å². The van der Waals surface area contributed by atoms with Crippen LogP contribution in [0.1, 0.15) is 67.7 Å². The largest absolute Gasteiger partial charge is 0.461 e. The van der Waals surface area contributed by atoms with E-state index in [1.165, 1.54) is 32.1 Å². The number of carbonyl (C=O) groups is 1. The van der Waals surface area contributed by atoms with E-state index in [1.807, 2.05) is 13.8 Å². The van der Waals surface area contributed by atoms with Crippen LogP contribution in [0.5, 0.6) is 0 Å². The summed E-state index contributed by atoms with van der Waals surface area (Å²) in [6.07, 6.45) is 7.76. The normalized spacial score (nSPS) is 17.5. The zero-order valence-corrected chi connectivity index (χ0v) is 14.1. The van der Waals surface area contributed by atoms with Crippen LogP contribution >= 0.6 is 11.3 Å². The van der Waals surface area contributed by atoms with Gasteiger partial charge >= 0.3 is 5.97 Å². The van der Waals surface area contributed by atoms with E-state index in [9.17, 15) is 4.79 Å². The maximum Gasteiger partial charge on any atom is 0.358 e. The van der Waals surface area contributed by atoms with Crippen molar-refractivity contribution >= 4 is 22.4 Å². The van der Waals surface area contributed by atoms with Crippen LogP contribution < -0.4 is 5.32 Å². The predicted molar refractivity (Wildman–Crippen MR) is 87.1 cm³/mol. The number of nitrogens with one attached hydrogen (secondary N) is 1. The molecule has 1 aromatic rings. The Balaban J connectivity index is 2.03. The van der Waals surface area contributed by atoms with E-state index < -0.39 is 0 Å². The Morgan fingerprint density at radius 1 is 1.38 bits per heavy atom. The molecule has 1 heterocycles. The molecule has 1 aliphatic rings. The number of thiazole rings is 1. The van der Waals surface area contributed by atoms with Crippen LogP contribution in [0.15, 0.2) is 0 Å². The Morgan fingerprint density at radius 3 is 2.71 bits per heavy atom. The minimum atomic E-state index is -0.315. The third-order valence-electron chi connectivity index (χ3n) is 4.23. The summed E-state index contributed by atoms with van der Waals surface area (Å²) < 4.78 is 5.05. The molecule has 1 fully saturated rings. The molecule has 1 N–H and O–H groups in total. The monoisotopic (exact) mass is 310 g/mol.